The van der Waals surface area contributed by atoms with Gasteiger partial charge in [0.15, 0.2) is 0 Å². The summed E-state index contributed by atoms with van der Waals surface area (Å²) >= 11 is 1.75. The highest BCUT2D eigenvalue weighted by Crippen LogP contribution is 2.41. The Morgan fingerprint density at radius 2 is 1.31 bits per heavy atom. The van der Waals surface area contributed by atoms with Crippen LogP contribution in [0.25, 0.3) is 81.3 Å². The van der Waals surface area contributed by atoms with E-state index in [1.54, 1.807) is 11.3 Å². The maximum atomic E-state index is 6.26. The fourth-order valence-electron chi connectivity index (χ4n) is 5.87. The van der Waals surface area contributed by atoms with E-state index in [4.69, 9.17) is 14.4 Å². The molecule has 0 aliphatic rings. The molecule has 4 heterocycles. The van der Waals surface area contributed by atoms with Crippen LogP contribution in [-0.2, 0) is 0 Å². The Morgan fingerprint density at radius 3 is 2.21 bits per heavy atom. The van der Waals surface area contributed by atoms with Crippen LogP contribution in [0.5, 0.6) is 0 Å². The van der Waals surface area contributed by atoms with Gasteiger partial charge in [-0.1, -0.05) is 84.9 Å². The smallest absolute Gasteiger partial charge is 0.235 e. The molecule has 0 unspecified atom stereocenters. The van der Waals surface area contributed by atoms with Crippen LogP contribution in [0.2, 0.25) is 0 Å². The van der Waals surface area contributed by atoms with Crippen molar-refractivity contribution in [3.8, 4) is 17.2 Å². The van der Waals surface area contributed by atoms with E-state index in [-0.39, 0.29) is 0 Å². The number of nitrogens with zero attached hydrogens (tertiary/aromatic N) is 3. The van der Waals surface area contributed by atoms with Crippen LogP contribution in [0.15, 0.2) is 120 Å². The predicted molar refractivity (Wildman–Crippen MR) is 162 cm³/mol. The zero-order valence-electron chi connectivity index (χ0n) is 20.6. The van der Waals surface area contributed by atoms with Crippen LogP contribution in [0, 0.1) is 0 Å². The molecule has 0 saturated heterocycles. The van der Waals surface area contributed by atoms with E-state index in [9.17, 15) is 0 Å². The van der Waals surface area contributed by atoms with Crippen LogP contribution in [0.4, 0.5) is 0 Å². The third-order valence-corrected chi connectivity index (χ3v) is 8.79. The minimum atomic E-state index is 0.670. The van der Waals surface area contributed by atoms with Gasteiger partial charge in [0, 0.05) is 37.2 Å². The van der Waals surface area contributed by atoms with Crippen molar-refractivity contribution in [2.24, 2.45) is 0 Å². The van der Waals surface area contributed by atoms with Gasteiger partial charge in [-0.15, -0.1) is 11.3 Å². The first-order valence-corrected chi connectivity index (χ1v) is 13.7. The average Bonchev–Trinajstić information content (AvgIpc) is 3.65. The van der Waals surface area contributed by atoms with Gasteiger partial charge < -0.3 is 4.42 Å². The Balaban J connectivity index is 1.46. The maximum absolute atomic E-state index is 6.26. The van der Waals surface area contributed by atoms with Crippen molar-refractivity contribution >= 4 is 75.4 Å². The number of benzene rings is 5. The molecular formula is C34H19N3OS. The van der Waals surface area contributed by atoms with Crippen molar-refractivity contribution in [3.05, 3.63) is 115 Å². The summed E-state index contributed by atoms with van der Waals surface area (Å²) in [7, 11) is 0. The van der Waals surface area contributed by atoms with Crippen molar-refractivity contribution in [3.63, 3.8) is 0 Å². The highest BCUT2D eigenvalue weighted by molar-refractivity contribution is 7.26. The summed E-state index contributed by atoms with van der Waals surface area (Å²) in [4.78, 5) is 10.5. The molecule has 0 bridgehead atoms. The minimum Gasteiger partial charge on any atom is -0.456 e. The topological polar surface area (TPSA) is 43.9 Å². The van der Waals surface area contributed by atoms with E-state index in [1.165, 1.54) is 4.70 Å². The van der Waals surface area contributed by atoms with E-state index in [1.807, 2.05) is 18.2 Å². The molecule has 0 aliphatic carbocycles. The molecule has 4 nitrogen and oxygen atoms in total. The molecule has 0 spiro atoms. The molecule has 0 amide bonds. The van der Waals surface area contributed by atoms with Crippen LogP contribution >= 0.6 is 11.3 Å². The van der Waals surface area contributed by atoms with Crippen LogP contribution in [0.1, 0.15) is 0 Å². The van der Waals surface area contributed by atoms with Crippen molar-refractivity contribution in [1.82, 2.24) is 14.5 Å². The third kappa shape index (κ3) is 2.93. The normalized spacial score (nSPS) is 12.1. The molecule has 4 aromatic heterocycles. The number of hydrogen-bond acceptors (Lipinski definition) is 4. The van der Waals surface area contributed by atoms with Gasteiger partial charge in [-0.25, -0.2) is 9.97 Å². The molecular weight excluding hydrogens is 498 g/mol. The molecule has 0 N–H and O–H groups in total. The molecule has 0 atom stereocenters. The first-order chi connectivity index (χ1) is 19.3. The van der Waals surface area contributed by atoms with E-state index in [0.29, 0.717) is 5.95 Å². The third-order valence-electron chi connectivity index (χ3n) is 7.63. The number of hydrogen-bond donors (Lipinski definition) is 0. The van der Waals surface area contributed by atoms with Gasteiger partial charge in [-0.05, 0) is 30.3 Å². The zero-order valence-corrected chi connectivity index (χ0v) is 21.4. The highest BCUT2D eigenvalue weighted by Gasteiger charge is 2.21. The average molecular weight is 518 g/mol. The molecule has 5 aromatic carbocycles. The van der Waals surface area contributed by atoms with Gasteiger partial charge in [0.2, 0.25) is 5.95 Å². The van der Waals surface area contributed by atoms with Gasteiger partial charge >= 0.3 is 0 Å². The Hall–Kier alpha value is -5.00. The minimum absolute atomic E-state index is 0.670. The molecule has 0 aliphatic heterocycles. The molecule has 9 aromatic rings. The number of para-hydroxylation sites is 2. The predicted octanol–water partition coefficient (Wildman–Crippen LogP) is 9.51. The summed E-state index contributed by atoms with van der Waals surface area (Å²) in [5, 5.41) is 5.62. The van der Waals surface area contributed by atoms with Gasteiger partial charge in [0.25, 0.3) is 0 Å². The number of rotatable bonds is 2. The van der Waals surface area contributed by atoms with E-state index in [0.717, 1.165) is 70.6 Å². The van der Waals surface area contributed by atoms with Crippen molar-refractivity contribution in [2.75, 3.05) is 0 Å². The lowest BCUT2D eigenvalue weighted by molar-refractivity contribution is 0.669. The highest BCUT2D eigenvalue weighted by atomic mass is 32.1. The van der Waals surface area contributed by atoms with Crippen LogP contribution in [-0.4, -0.2) is 14.5 Å². The Labute approximate surface area is 226 Å². The second-order valence-corrected chi connectivity index (χ2v) is 10.9. The molecule has 9 rings (SSSR count). The second kappa shape index (κ2) is 7.76. The quantitative estimate of drug-likeness (QED) is 0.229. The van der Waals surface area contributed by atoms with Crippen LogP contribution in [0.3, 0.4) is 0 Å². The first-order valence-electron chi connectivity index (χ1n) is 12.9. The molecule has 39 heavy (non-hydrogen) atoms. The largest absolute Gasteiger partial charge is 0.456 e. The van der Waals surface area contributed by atoms with Gasteiger partial charge in [-0.2, -0.15) is 0 Å². The monoisotopic (exact) mass is 517 g/mol. The van der Waals surface area contributed by atoms with Crippen molar-refractivity contribution < 1.29 is 4.42 Å². The SMILES string of the molecule is c1ccc(-c2nc(-n3c4ccccc4c4cc5oc6ccccc6c5cc43)nc3c2sc2ccccc23)cc1. The first kappa shape index (κ1) is 21.0. The number of thiophene rings is 1. The summed E-state index contributed by atoms with van der Waals surface area (Å²) in [6, 6.07) is 40.0. The lowest BCUT2D eigenvalue weighted by Gasteiger charge is -2.10. The number of furan rings is 1. The standard InChI is InChI=1S/C34H19N3OS/c1-2-10-20(11-3-1)31-33-32(23-14-6-9-17-30(23)39-33)36-34(35-31)37-26-15-7-4-12-21(26)24-19-29-25(18-27(24)37)22-13-5-8-16-28(22)38-29/h1-19H. The van der Waals surface area contributed by atoms with E-state index >= 15 is 0 Å². The molecule has 0 radical (unpaired) electrons. The summed E-state index contributed by atoms with van der Waals surface area (Å²) in [6.07, 6.45) is 0. The number of aromatic nitrogens is 3. The van der Waals surface area contributed by atoms with Gasteiger partial charge in [0.1, 0.15) is 11.2 Å². The summed E-state index contributed by atoms with van der Waals surface area (Å²) in [6.45, 7) is 0. The summed E-state index contributed by atoms with van der Waals surface area (Å²) in [5.41, 5.74) is 6.94. The Kier molecular flexibility index (Phi) is 4.18. The summed E-state index contributed by atoms with van der Waals surface area (Å²) in [5.74, 6) is 0.670. The lowest BCUT2D eigenvalue weighted by Crippen LogP contribution is -2.02. The number of fused-ring (bicyclic) bond motifs is 9. The molecule has 5 heteroatoms. The van der Waals surface area contributed by atoms with Crippen LogP contribution < -0.4 is 0 Å². The molecule has 182 valence electrons. The Bertz CT molecular complexity index is 2400. The van der Waals surface area contributed by atoms with E-state index in [2.05, 4.69) is 102 Å². The molecule has 0 fully saturated rings. The summed E-state index contributed by atoms with van der Waals surface area (Å²) < 4.78 is 10.8. The lowest BCUT2D eigenvalue weighted by atomic mass is 10.1. The fourth-order valence-corrected chi connectivity index (χ4v) is 7.03. The maximum Gasteiger partial charge on any atom is 0.235 e. The fraction of sp³-hybridized carbons (Fsp3) is 0. The van der Waals surface area contributed by atoms with Crippen molar-refractivity contribution in [1.29, 1.82) is 0 Å². The van der Waals surface area contributed by atoms with Crippen molar-refractivity contribution in [2.45, 2.75) is 0 Å². The molecule has 0 saturated carbocycles. The second-order valence-electron chi connectivity index (χ2n) is 9.83. The van der Waals surface area contributed by atoms with Gasteiger partial charge in [-0.3, -0.25) is 4.57 Å². The van der Waals surface area contributed by atoms with E-state index < -0.39 is 0 Å². The zero-order chi connectivity index (χ0) is 25.5. The Morgan fingerprint density at radius 1 is 0.564 bits per heavy atom. The van der Waals surface area contributed by atoms with Gasteiger partial charge in [0.05, 0.1) is 26.9 Å².